The number of carbonyl (C=O) groups is 1. The van der Waals surface area contributed by atoms with E-state index in [9.17, 15) is 9.18 Å². The lowest BCUT2D eigenvalue weighted by Gasteiger charge is -2.08. The predicted molar refractivity (Wildman–Crippen MR) is 96.0 cm³/mol. The van der Waals surface area contributed by atoms with Crippen molar-refractivity contribution in [2.24, 2.45) is 0 Å². The van der Waals surface area contributed by atoms with Gasteiger partial charge in [0.25, 0.3) is 5.91 Å². The van der Waals surface area contributed by atoms with Crippen molar-refractivity contribution in [3.05, 3.63) is 82.7 Å². The summed E-state index contributed by atoms with van der Waals surface area (Å²) in [7, 11) is 0. The van der Waals surface area contributed by atoms with Gasteiger partial charge in [-0.2, -0.15) is 0 Å². The van der Waals surface area contributed by atoms with Gasteiger partial charge in [-0.15, -0.1) is 0 Å². The number of hydrogen-bond donors (Lipinski definition) is 2. The standard InChI is InChI=1S/C18H13BrFN3O/c19-13-7-5-12(6-8-13)18(24)23-17-10-9-14(11-21-17)22-16-4-2-1-3-15(16)20/h1-11,22H,(H,21,23,24). The molecular formula is C18H13BrFN3O. The molecule has 1 heterocycles. The first-order chi connectivity index (χ1) is 11.6. The number of rotatable bonds is 4. The lowest BCUT2D eigenvalue weighted by molar-refractivity contribution is 0.102. The number of halogens is 2. The highest BCUT2D eigenvalue weighted by atomic mass is 79.9. The summed E-state index contributed by atoms with van der Waals surface area (Å²) in [6.07, 6.45) is 1.53. The number of aromatic nitrogens is 1. The highest BCUT2D eigenvalue weighted by Crippen LogP contribution is 2.20. The number of nitrogens with zero attached hydrogens (tertiary/aromatic N) is 1. The summed E-state index contributed by atoms with van der Waals surface area (Å²) in [4.78, 5) is 16.3. The van der Waals surface area contributed by atoms with Crippen molar-refractivity contribution in [3.63, 3.8) is 0 Å². The second-order valence-electron chi connectivity index (χ2n) is 5.00. The highest BCUT2D eigenvalue weighted by molar-refractivity contribution is 9.10. The molecule has 3 rings (SSSR count). The third-order valence-electron chi connectivity index (χ3n) is 3.26. The van der Waals surface area contributed by atoms with Gasteiger partial charge in [-0.25, -0.2) is 9.37 Å². The molecule has 0 unspecified atom stereocenters. The molecule has 0 saturated heterocycles. The molecular weight excluding hydrogens is 373 g/mol. The number of pyridine rings is 1. The fraction of sp³-hybridized carbons (Fsp3) is 0. The maximum atomic E-state index is 13.6. The zero-order valence-corrected chi connectivity index (χ0v) is 14.0. The third kappa shape index (κ3) is 3.97. The van der Waals surface area contributed by atoms with Crippen LogP contribution in [0, 0.1) is 5.82 Å². The Morgan fingerprint density at radius 3 is 2.42 bits per heavy atom. The minimum absolute atomic E-state index is 0.246. The Balaban J connectivity index is 1.67. The quantitative estimate of drug-likeness (QED) is 0.665. The highest BCUT2D eigenvalue weighted by Gasteiger charge is 2.07. The fourth-order valence-electron chi connectivity index (χ4n) is 2.05. The first-order valence-corrected chi connectivity index (χ1v) is 7.95. The van der Waals surface area contributed by atoms with Gasteiger partial charge in [0.15, 0.2) is 0 Å². The first-order valence-electron chi connectivity index (χ1n) is 7.16. The molecule has 0 saturated carbocycles. The van der Waals surface area contributed by atoms with Crippen molar-refractivity contribution in [1.82, 2.24) is 4.98 Å². The predicted octanol–water partition coefficient (Wildman–Crippen LogP) is 4.98. The molecule has 24 heavy (non-hydrogen) atoms. The molecule has 0 spiro atoms. The van der Waals surface area contributed by atoms with Gasteiger partial charge in [-0.3, -0.25) is 4.79 Å². The molecule has 0 aliphatic carbocycles. The summed E-state index contributed by atoms with van der Waals surface area (Å²) >= 11 is 3.32. The van der Waals surface area contributed by atoms with Crippen LogP contribution in [0.2, 0.25) is 0 Å². The Morgan fingerprint density at radius 1 is 1.00 bits per heavy atom. The molecule has 0 atom stereocenters. The van der Waals surface area contributed by atoms with Crippen LogP contribution < -0.4 is 10.6 Å². The van der Waals surface area contributed by atoms with Crippen molar-refractivity contribution in [2.45, 2.75) is 0 Å². The summed E-state index contributed by atoms with van der Waals surface area (Å²) in [6.45, 7) is 0. The van der Waals surface area contributed by atoms with E-state index < -0.39 is 0 Å². The SMILES string of the molecule is O=C(Nc1ccc(Nc2ccccc2F)cn1)c1ccc(Br)cc1. The molecule has 2 N–H and O–H groups in total. The Hall–Kier alpha value is -2.73. The van der Waals surface area contributed by atoms with Crippen LogP contribution in [-0.4, -0.2) is 10.9 Å². The first kappa shape index (κ1) is 16.1. The molecule has 1 aromatic heterocycles. The average Bonchev–Trinajstić information content (AvgIpc) is 2.59. The summed E-state index contributed by atoms with van der Waals surface area (Å²) in [5.41, 5.74) is 1.53. The molecule has 1 amide bonds. The van der Waals surface area contributed by atoms with Crippen LogP contribution in [0.3, 0.4) is 0 Å². The number of para-hydroxylation sites is 1. The van der Waals surface area contributed by atoms with Gasteiger partial charge in [-0.05, 0) is 48.5 Å². The molecule has 0 radical (unpaired) electrons. The van der Waals surface area contributed by atoms with Crippen LogP contribution in [0.25, 0.3) is 0 Å². The van der Waals surface area contributed by atoms with Gasteiger partial charge < -0.3 is 10.6 Å². The number of amides is 1. The lowest BCUT2D eigenvalue weighted by atomic mass is 10.2. The second kappa shape index (κ2) is 7.23. The number of carbonyl (C=O) groups excluding carboxylic acids is 1. The number of benzene rings is 2. The van der Waals surface area contributed by atoms with E-state index in [1.165, 1.54) is 12.3 Å². The summed E-state index contributed by atoms with van der Waals surface area (Å²) < 4.78 is 14.5. The van der Waals surface area contributed by atoms with E-state index in [0.29, 0.717) is 22.8 Å². The van der Waals surface area contributed by atoms with Crippen molar-refractivity contribution in [2.75, 3.05) is 10.6 Å². The van der Waals surface area contributed by atoms with E-state index in [1.807, 2.05) is 0 Å². The minimum Gasteiger partial charge on any atom is -0.352 e. The van der Waals surface area contributed by atoms with E-state index >= 15 is 0 Å². The van der Waals surface area contributed by atoms with Gasteiger partial charge in [0, 0.05) is 10.0 Å². The average molecular weight is 386 g/mol. The largest absolute Gasteiger partial charge is 0.352 e. The van der Waals surface area contributed by atoms with E-state index in [4.69, 9.17) is 0 Å². The molecule has 6 heteroatoms. The van der Waals surface area contributed by atoms with Crippen LogP contribution in [0.4, 0.5) is 21.6 Å². The Bertz CT molecular complexity index is 851. The maximum Gasteiger partial charge on any atom is 0.256 e. The van der Waals surface area contributed by atoms with E-state index in [2.05, 4.69) is 31.5 Å². The summed E-state index contributed by atoms with van der Waals surface area (Å²) in [6, 6.07) is 16.8. The fourth-order valence-corrected chi connectivity index (χ4v) is 2.31. The topological polar surface area (TPSA) is 54.0 Å². The van der Waals surface area contributed by atoms with E-state index in [1.54, 1.807) is 54.6 Å². The number of nitrogens with one attached hydrogen (secondary N) is 2. The Kier molecular flexibility index (Phi) is 4.86. The van der Waals surface area contributed by atoms with Crippen LogP contribution in [0.1, 0.15) is 10.4 Å². The number of anilines is 3. The zero-order chi connectivity index (χ0) is 16.9. The van der Waals surface area contributed by atoms with Gasteiger partial charge in [0.05, 0.1) is 17.6 Å². The zero-order valence-electron chi connectivity index (χ0n) is 12.5. The van der Waals surface area contributed by atoms with Gasteiger partial charge in [0.1, 0.15) is 11.6 Å². The molecule has 4 nitrogen and oxygen atoms in total. The van der Waals surface area contributed by atoms with Gasteiger partial charge in [-0.1, -0.05) is 28.1 Å². The molecule has 0 aliphatic rings. The van der Waals surface area contributed by atoms with Gasteiger partial charge >= 0.3 is 0 Å². The van der Waals surface area contributed by atoms with Crippen LogP contribution in [-0.2, 0) is 0 Å². The Labute approximate surface area is 146 Å². The van der Waals surface area contributed by atoms with E-state index in [-0.39, 0.29) is 11.7 Å². The maximum absolute atomic E-state index is 13.6. The molecule has 120 valence electrons. The summed E-state index contributed by atoms with van der Waals surface area (Å²) in [5.74, 6) is -0.170. The molecule has 2 aromatic carbocycles. The smallest absolute Gasteiger partial charge is 0.256 e. The number of hydrogen-bond acceptors (Lipinski definition) is 3. The van der Waals surface area contributed by atoms with Crippen molar-refractivity contribution >= 4 is 39.0 Å². The summed E-state index contributed by atoms with van der Waals surface area (Å²) in [5, 5.41) is 5.65. The molecule has 0 bridgehead atoms. The van der Waals surface area contributed by atoms with Crippen molar-refractivity contribution in [1.29, 1.82) is 0 Å². The van der Waals surface area contributed by atoms with Crippen molar-refractivity contribution < 1.29 is 9.18 Å². The van der Waals surface area contributed by atoms with E-state index in [0.717, 1.165) is 4.47 Å². The minimum atomic E-state index is -0.342. The lowest BCUT2D eigenvalue weighted by Crippen LogP contribution is -2.12. The van der Waals surface area contributed by atoms with Crippen molar-refractivity contribution in [3.8, 4) is 0 Å². The second-order valence-corrected chi connectivity index (χ2v) is 5.91. The monoisotopic (exact) mass is 385 g/mol. The molecule has 3 aromatic rings. The van der Waals surface area contributed by atoms with Crippen LogP contribution in [0.5, 0.6) is 0 Å². The van der Waals surface area contributed by atoms with Crippen LogP contribution >= 0.6 is 15.9 Å². The van der Waals surface area contributed by atoms with Gasteiger partial charge in [0.2, 0.25) is 0 Å². The molecule has 0 fully saturated rings. The Morgan fingerprint density at radius 2 is 1.75 bits per heavy atom. The normalized spacial score (nSPS) is 10.2. The third-order valence-corrected chi connectivity index (χ3v) is 3.79. The van der Waals surface area contributed by atoms with Crippen LogP contribution in [0.15, 0.2) is 71.3 Å². The molecule has 0 aliphatic heterocycles.